The highest BCUT2D eigenvalue weighted by Gasteiger charge is 2.31. The van der Waals surface area contributed by atoms with Gasteiger partial charge in [0.05, 0.1) is 6.61 Å². The van der Waals surface area contributed by atoms with Crippen LogP contribution < -0.4 is 5.32 Å². The predicted molar refractivity (Wildman–Crippen MR) is 145 cm³/mol. The average Bonchev–Trinajstić information content (AvgIpc) is 2.85. The van der Waals surface area contributed by atoms with Crippen LogP contribution in [0.5, 0.6) is 0 Å². The Morgan fingerprint density at radius 3 is 1.58 bits per heavy atom. The van der Waals surface area contributed by atoms with Crippen molar-refractivity contribution < 1.29 is 39.3 Å². The molecule has 0 fully saturated rings. The van der Waals surface area contributed by atoms with Crippen LogP contribution in [0.15, 0.2) is 0 Å². The predicted octanol–water partition coefficient (Wildman–Crippen LogP) is 4.82. The lowest BCUT2D eigenvalue weighted by molar-refractivity contribution is -0.204. The Morgan fingerprint density at radius 1 is 0.763 bits per heavy atom. The first kappa shape index (κ1) is 35.8. The summed E-state index contributed by atoms with van der Waals surface area (Å²) in [5.74, 6) is -4.07. The molecular formula is C28H52N2O8. The van der Waals surface area contributed by atoms with Crippen molar-refractivity contribution in [1.82, 2.24) is 10.4 Å². The topological polar surface area (TPSA) is 153 Å². The molecule has 0 saturated carbocycles. The first-order valence-corrected chi connectivity index (χ1v) is 14.5. The van der Waals surface area contributed by atoms with Crippen LogP contribution in [-0.4, -0.2) is 69.4 Å². The van der Waals surface area contributed by atoms with Crippen molar-refractivity contribution in [1.29, 1.82) is 0 Å². The second-order valence-electron chi connectivity index (χ2n) is 10.1. The quantitative estimate of drug-likeness (QED) is 0.0886. The van der Waals surface area contributed by atoms with Crippen molar-refractivity contribution in [2.45, 2.75) is 142 Å². The monoisotopic (exact) mass is 544 g/mol. The summed E-state index contributed by atoms with van der Waals surface area (Å²) in [6.45, 7) is 2.94. The Kier molecular flexibility index (Phi) is 22.5. The molecule has 222 valence electrons. The maximum absolute atomic E-state index is 12.6. The number of unbranched alkanes of at least 4 members (excludes halogenated alkanes) is 15. The Morgan fingerprint density at radius 2 is 1.21 bits per heavy atom. The number of hydroxylamine groups is 2. The number of hydrogen-bond acceptors (Lipinski definition) is 7. The summed E-state index contributed by atoms with van der Waals surface area (Å²) in [6.07, 6.45) is 18.7. The Hall–Kier alpha value is -2.20. The molecule has 0 unspecified atom stereocenters. The molecule has 4 N–H and O–H groups in total. The zero-order chi connectivity index (χ0) is 28.6. The molecule has 0 aromatic rings. The maximum atomic E-state index is 12.6. The van der Waals surface area contributed by atoms with Gasteiger partial charge in [0, 0.05) is 19.9 Å². The van der Waals surface area contributed by atoms with Crippen molar-refractivity contribution in [3.05, 3.63) is 0 Å². The fourth-order valence-electron chi connectivity index (χ4n) is 4.34. The van der Waals surface area contributed by atoms with Crippen molar-refractivity contribution >= 4 is 23.8 Å². The number of carbonyl (C=O) groups is 4. The fraction of sp³-hybridized carbons (Fsp3) is 0.857. The molecule has 0 aromatic carbocycles. The molecule has 38 heavy (non-hydrogen) atoms. The highest BCUT2D eigenvalue weighted by atomic mass is 16.7. The van der Waals surface area contributed by atoms with Crippen molar-refractivity contribution in [3.63, 3.8) is 0 Å². The van der Waals surface area contributed by atoms with Gasteiger partial charge >= 0.3 is 17.9 Å². The molecule has 1 amide bonds. The van der Waals surface area contributed by atoms with E-state index in [1.807, 2.05) is 0 Å². The number of carboxylic acid groups (broad SMARTS) is 2. The zero-order valence-electron chi connectivity index (χ0n) is 23.6. The molecule has 0 aliphatic heterocycles. The van der Waals surface area contributed by atoms with Gasteiger partial charge in [0.1, 0.15) is 12.1 Å². The van der Waals surface area contributed by atoms with E-state index in [-0.39, 0.29) is 13.0 Å². The lowest BCUT2D eigenvalue weighted by atomic mass is 10.0. The largest absolute Gasteiger partial charge is 0.481 e. The van der Waals surface area contributed by atoms with E-state index in [0.717, 1.165) is 24.3 Å². The van der Waals surface area contributed by atoms with Gasteiger partial charge in [-0.1, -0.05) is 103 Å². The molecular weight excluding hydrogens is 492 g/mol. The maximum Gasteiger partial charge on any atom is 0.326 e. The number of rotatable bonds is 26. The Bertz CT molecular complexity index is 659. The summed E-state index contributed by atoms with van der Waals surface area (Å²) in [4.78, 5) is 51.4. The first-order valence-electron chi connectivity index (χ1n) is 14.5. The number of carboxylic acids is 2. The van der Waals surface area contributed by atoms with Gasteiger partial charge in [-0.05, 0) is 12.8 Å². The normalized spacial score (nSPS) is 12.7. The van der Waals surface area contributed by atoms with E-state index in [9.17, 15) is 29.4 Å². The van der Waals surface area contributed by atoms with Gasteiger partial charge in [-0.15, -0.1) is 5.06 Å². The molecule has 0 radical (unpaired) electrons. The van der Waals surface area contributed by atoms with Crippen LogP contribution in [0.4, 0.5) is 0 Å². The lowest BCUT2D eigenvalue weighted by Gasteiger charge is -2.28. The lowest BCUT2D eigenvalue weighted by Crippen LogP contribution is -2.53. The van der Waals surface area contributed by atoms with Crippen LogP contribution in [0, 0.1) is 0 Å². The number of aliphatic hydroxyl groups is 1. The molecule has 0 bridgehead atoms. The summed E-state index contributed by atoms with van der Waals surface area (Å²) in [5, 5.41) is 31.1. The van der Waals surface area contributed by atoms with Crippen molar-refractivity contribution in [2.24, 2.45) is 0 Å². The van der Waals surface area contributed by atoms with E-state index in [0.29, 0.717) is 6.42 Å². The van der Waals surface area contributed by atoms with Crippen LogP contribution >= 0.6 is 0 Å². The Balaban J connectivity index is 4.22. The third-order valence-electron chi connectivity index (χ3n) is 6.56. The molecule has 0 heterocycles. The standard InChI is InChI=1S/C28H52N2O8/c1-3-4-5-6-7-8-9-10-11-12-13-14-15-16-17-18-21-30(38-23(2)32)25(22-31)27(35)29-24(28(36)37)19-20-26(33)34/h24-25,31H,3-22H2,1-2H3,(H,29,35)(H,33,34)(H,36,37)/t24-,25-/m1/s1. The number of nitrogens with zero attached hydrogens (tertiary/aromatic N) is 1. The summed E-state index contributed by atoms with van der Waals surface area (Å²) in [7, 11) is 0. The molecule has 0 aliphatic carbocycles. The third kappa shape index (κ3) is 19.9. The highest BCUT2D eigenvalue weighted by Crippen LogP contribution is 2.14. The zero-order valence-corrected chi connectivity index (χ0v) is 23.6. The number of hydrogen-bond donors (Lipinski definition) is 4. The summed E-state index contributed by atoms with van der Waals surface area (Å²) in [5.41, 5.74) is 0. The minimum absolute atomic E-state index is 0.212. The smallest absolute Gasteiger partial charge is 0.326 e. The van der Waals surface area contributed by atoms with E-state index in [1.54, 1.807) is 0 Å². The molecule has 0 aromatic heterocycles. The van der Waals surface area contributed by atoms with Crippen LogP contribution in [0.1, 0.15) is 129 Å². The summed E-state index contributed by atoms with van der Waals surface area (Å²) < 4.78 is 0. The van der Waals surface area contributed by atoms with Gasteiger partial charge in [-0.2, -0.15) is 0 Å². The second-order valence-corrected chi connectivity index (χ2v) is 10.1. The van der Waals surface area contributed by atoms with Crippen molar-refractivity contribution in [2.75, 3.05) is 13.2 Å². The van der Waals surface area contributed by atoms with Gasteiger partial charge in [-0.3, -0.25) is 14.4 Å². The first-order chi connectivity index (χ1) is 18.2. The number of amides is 1. The van der Waals surface area contributed by atoms with E-state index in [4.69, 9.17) is 9.94 Å². The average molecular weight is 545 g/mol. The SMILES string of the molecule is CCCCCCCCCCCCCCCCCCN(OC(C)=O)[C@H](CO)C(=O)N[C@H](CCC(=O)O)C(=O)O. The van der Waals surface area contributed by atoms with E-state index < -0.39 is 48.9 Å². The van der Waals surface area contributed by atoms with E-state index in [1.165, 1.54) is 84.0 Å². The van der Waals surface area contributed by atoms with Crippen molar-refractivity contribution in [3.8, 4) is 0 Å². The molecule has 0 spiro atoms. The number of aliphatic hydroxyl groups excluding tert-OH is 1. The van der Waals surface area contributed by atoms with Crippen LogP contribution in [0.3, 0.4) is 0 Å². The number of nitrogens with one attached hydrogen (secondary N) is 1. The third-order valence-corrected chi connectivity index (χ3v) is 6.56. The fourth-order valence-corrected chi connectivity index (χ4v) is 4.34. The van der Waals surface area contributed by atoms with E-state index in [2.05, 4.69) is 12.2 Å². The molecule has 10 heteroatoms. The molecule has 2 atom stereocenters. The molecule has 10 nitrogen and oxygen atoms in total. The van der Waals surface area contributed by atoms with Crippen LogP contribution in [0.2, 0.25) is 0 Å². The Labute approximate surface area is 228 Å². The number of carbonyl (C=O) groups excluding carboxylic acids is 2. The minimum Gasteiger partial charge on any atom is -0.481 e. The summed E-state index contributed by atoms with van der Waals surface area (Å²) >= 11 is 0. The number of aliphatic carboxylic acids is 2. The van der Waals surface area contributed by atoms with Gasteiger partial charge in [0.2, 0.25) is 5.91 Å². The van der Waals surface area contributed by atoms with E-state index >= 15 is 0 Å². The molecule has 0 saturated heterocycles. The van der Waals surface area contributed by atoms with Crippen LogP contribution in [0.25, 0.3) is 0 Å². The molecule has 0 aliphatic rings. The van der Waals surface area contributed by atoms with Gasteiger partial charge < -0.3 is 25.5 Å². The molecule has 0 rings (SSSR count). The van der Waals surface area contributed by atoms with Crippen LogP contribution in [-0.2, 0) is 24.0 Å². The summed E-state index contributed by atoms with van der Waals surface area (Å²) in [6, 6.07) is -2.72. The second kappa shape index (κ2) is 23.9. The minimum atomic E-state index is -1.43. The van der Waals surface area contributed by atoms with Gasteiger partial charge in [0.25, 0.3) is 0 Å². The highest BCUT2D eigenvalue weighted by molar-refractivity contribution is 5.87. The van der Waals surface area contributed by atoms with Gasteiger partial charge in [-0.25, -0.2) is 4.79 Å². The van der Waals surface area contributed by atoms with Gasteiger partial charge in [0.15, 0.2) is 0 Å².